The van der Waals surface area contributed by atoms with E-state index in [0.717, 1.165) is 5.02 Å². The molecule has 0 aliphatic rings. The number of aryl methyl sites for hydroxylation is 1. The average molecular weight is 311 g/mol. The van der Waals surface area contributed by atoms with Crippen molar-refractivity contribution in [1.82, 2.24) is 0 Å². The van der Waals surface area contributed by atoms with Crippen LogP contribution in [0, 0.1) is 6.92 Å². The minimum absolute atomic E-state index is 0.615. The zero-order valence-electron chi connectivity index (χ0n) is 11.8. The highest BCUT2D eigenvalue weighted by Gasteiger charge is 2.18. The lowest BCUT2D eigenvalue weighted by Crippen LogP contribution is -2.21. The fraction of sp³-hybridized carbons (Fsp3) is 0.0526. The SMILES string of the molecule is Cc1ccc(Cl)c(P(c2ccccc2)c2ccccc2)c1. The molecule has 0 bridgehead atoms. The third-order valence-electron chi connectivity index (χ3n) is 3.37. The van der Waals surface area contributed by atoms with Gasteiger partial charge in [0, 0.05) is 10.3 Å². The standard InChI is InChI=1S/C19H16ClP/c1-15-12-13-18(20)19(14-15)21(16-8-4-2-5-9-16)17-10-6-3-7-11-17/h2-14H,1H3. The van der Waals surface area contributed by atoms with Crippen molar-refractivity contribution in [3.05, 3.63) is 89.4 Å². The van der Waals surface area contributed by atoms with Gasteiger partial charge in [0.25, 0.3) is 0 Å². The molecule has 0 aliphatic heterocycles. The molecular formula is C19H16ClP. The molecule has 0 spiro atoms. The van der Waals surface area contributed by atoms with E-state index in [2.05, 4.69) is 79.7 Å². The number of benzene rings is 3. The summed E-state index contributed by atoms with van der Waals surface area (Å²) in [5, 5.41) is 4.72. The fourth-order valence-electron chi connectivity index (χ4n) is 2.38. The molecule has 0 N–H and O–H groups in total. The van der Waals surface area contributed by atoms with Crippen LogP contribution in [-0.2, 0) is 0 Å². The maximum Gasteiger partial charge on any atom is 0.0489 e. The molecule has 0 unspecified atom stereocenters. The van der Waals surface area contributed by atoms with Gasteiger partial charge in [-0.25, -0.2) is 0 Å². The van der Waals surface area contributed by atoms with E-state index in [1.807, 2.05) is 6.07 Å². The monoisotopic (exact) mass is 310 g/mol. The first-order chi connectivity index (χ1) is 10.3. The van der Waals surface area contributed by atoms with Crippen molar-refractivity contribution < 1.29 is 0 Å². The first kappa shape index (κ1) is 14.3. The topological polar surface area (TPSA) is 0 Å². The van der Waals surface area contributed by atoms with Crippen LogP contribution in [0.2, 0.25) is 5.02 Å². The van der Waals surface area contributed by atoms with Crippen LogP contribution in [0.4, 0.5) is 0 Å². The smallest absolute Gasteiger partial charge is 0.0489 e. The summed E-state index contributed by atoms with van der Waals surface area (Å²) in [5.41, 5.74) is 1.24. The molecule has 0 atom stereocenters. The van der Waals surface area contributed by atoms with Crippen molar-refractivity contribution >= 4 is 35.4 Å². The molecule has 0 fully saturated rings. The predicted octanol–water partition coefficient (Wildman–Crippen LogP) is 4.41. The zero-order chi connectivity index (χ0) is 14.7. The highest BCUT2D eigenvalue weighted by atomic mass is 35.5. The zero-order valence-corrected chi connectivity index (χ0v) is 13.5. The molecule has 3 rings (SSSR count). The summed E-state index contributed by atoms with van der Waals surface area (Å²) in [5.74, 6) is 0. The molecule has 0 aromatic heterocycles. The second-order valence-electron chi connectivity index (χ2n) is 4.96. The summed E-state index contributed by atoms with van der Waals surface area (Å²) >= 11 is 6.51. The number of hydrogen-bond donors (Lipinski definition) is 0. The molecular weight excluding hydrogens is 295 g/mol. The van der Waals surface area contributed by atoms with Crippen molar-refractivity contribution in [2.24, 2.45) is 0 Å². The summed E-state index contributed by atoms with van der Waals surface area (Å²) in [7, 11) is -0.615. The largest absolute Gasteiger partial charge is 0.0836 e. The van der Waals surface area contributed by atoms with E-state index in [0.29, 0.717) is 0 Å². The van der Waals surface area contributed by atoms with Crippen molar-refractivity contribution in [1.29, 1.82) is 0 Å². The van der Waals surface area contributed by atoms with Gasteiger partial charge in [0.15, 0.2) is 0 Å². The van der Waals surface area contributed by atoms with Gasteiger partial charge in [-0.3, -0.25) is 0 Å². The molecule has 0 saturated heterocycles. The van der Waals surface area contributed by atoms with Gasteiger partial charge in [-0.2, -0.15) is 0 Å². The van der Waals surface area contributed by atoms with E-state index in [4.69, 9.17) is 11.6 Å². The normalized spacial score (nSPS) is 10.8. The summed E-state index contributed by atoms with van der Waals surface area (Å²) in [6, 6.07) is 27.5. The highest BCUT2D eigenvalue weighted by Crippen LogP contribution is 2.35. The highest BCUT2D eigenvalue weighted by molar-refractivity contribution is 7.80. The van der Waals surface area contributed by atoms with E-state index in [-0.39, 0.29) is 0 Å². The lowest BCUT2D eigenvalue weighted by molar-refractivity contribution is 1.49. The Morgan fingerprint density at radius 3 is 1.76 bits per heavy atom. The van der Waals surface area contributed by atoms with E-state index in [9.17, 15) is 0 Å². The minimum Gasteiger partial charge on any atom is -0.0836 e. The van der Waals surface area contributed by atoms with Crippen LogP contribution < -0.4 is 15.9 Å². The molecule has 0 radical (unpaired) electrons. The molecule has 0 nitrogen and oxygen atoms in total. The summed E-state index contributed by atoms with van der Waals surface area (Å²) in [6.07, 6.45) is 0. The lowest BCUT2D eigenvalue weighted by atomic mass is 10.2. The molecule has 0 saturated carbocycles. The number of hydrogen-bond acceptors (Lipinski definition) is 0. The van der Waals surface area contributed by atoms with Crippen LogP contribution in [0.25, 0.3) is 0 Å². The molecule has 3 aromatic carbocycles. The van der Waals surface area contributed by atoms with Crippen LogP contribution in [0.15, 0.2) is 78.9 Å². The van der Waals surface area contributed by atoms with E-state index in [1.165, 1.54) is 21.5 Å². The first-order valence-electron chi connectivity index (χ1n) is 6.92. The van der Waals surface area contributed by atoms with Crippen molar-refractivity contribution in [3.8, 4) is 0 Å². The molecule has 0 amide bonds. The molecule has 0 heterocycles. The maximum absolute atomic E-state index is 6.51. The van der Waals surface area contributed by atoms with E-state index >= 15 is 0 Å². The third-order valence-corrected chi connectivity index (χ3v) is 6.31. The molecule has 104 valence electrons. The second-order valence-corrected chi connectivity index (χ2v) is 7.55. The van der Waals surface area contributed by atoms with Gasteiger partial charge in [-0.1, -0.05) is 83.9 Å². The van der Waals surface area contributed by atoms with Crippen molar-refractivity contribution in [3.63, 3.8) is 0 Å². The van der Waals surface area contributed by atoms with Gasteiger partial charge >= 0.3 is 0 Å². The molecule has 3 aromatic rings. The second kappa shape index (κ2) is 6.43. The Labute approximate surface area is 132 Å². The Bertz CT molecular complexity index is 684. The summed E-state index contributed by atoms with van der Waals surface area (Å²) < 4.78 is 0. The third kappa shape index (κ3) is 3.18. The van der Waals surface area contributed by atoms with Crippen molar-refractivity contribution in [2.45, 2.75) is 6.92 Å². The first-order valence-corrected chi connectivity index (χ1v) is 8.64. The Hall–Kier alpha value is -1.62. The molecule has 0 aliphatic carbocycles. The van der Waals surface area contributed by atoms with Gasteiger partial charge in [0.1, 0.15) is 0 Å². The Kier molecular flexibility index (Phi) is 4.39. The van der Waals surface area contributed by atoms with Gasteiger partial charge in [-0.05, 0) is 37.6 Å². The van der Waals surface area contributed by atoms with Crippen LogP contribution in [0.3, 0.4) is 0 Å². The summed E-state index contributed by atoms with van der Waals surface area (Å²) in [6.45, 7) is 2.11. The van der Waals surface area contributed by atoms with Crippen LogP contribution in [-0.4, -0.2) is 0 Å². The van der Waals surface area contributed by atoms with Crippen molar-refractivity contribution in [2.75, 3.05) is 0 Å². The summed E-state index contributed by atoms with van der Waals surface area (Å²) in [4.78, 5) is 0. The van der Waals surface area contributed by atoms with Gasteiger partial charge in [0.05, 0.1) is 0 Å². The van der Waals surface area contributed by atoms with E-state index in [1.54, 1.807) is 0 Å². The Morgan fingerprint density at radius 1 is 0.714 bits per heavy atom. The quantitative estimate of drug-likeness (QED) is 0.629. The molecule has 2 heteroatoms. The van der Waals surface area contributed by atoms with Gasteiger partial charge in [0.2, 0.25) is 0 Å². The average Bonchev–Trinajstić information content (AvgIpc) is 2.53. The lowest BCUT2D eigenvalue weighted by Gasteiger charge is -2.20. The molecule has 21 heavy (non-hydrogen) atoms. The van der Waals surface area contributed by atoms with Crippen LogP contribution >= 0.6 is 19.5 Å². The van der Waals surface area contributed by atoms with Gasteiger partial charge in [-0.15, -0.1) is 0 Å². The Morgan fingerprint density at radius 2 is 1.24 bits per heavy atom. The van der Waals surface area contributed by atoms with Gasteiger partial charge < -0.3 is 0 Å². The fourth-order valence-corrected chi connectivity index (χ4v) is 5.16. The maximum atomic E-state index is 6.51. The predicted molar refractivity (Wildman–Crippen MR) is 94.9 cm³/mol. The van der Waals surface area contributed by atoms with Crippen LogP contribution in [0.1, 0.15) is 5.56 Å². The number of halogens is 1. The Balaban J connectivity index is 2.20. The van der Waals surface area contributed by atoms with E-state index < -0.39 is 7.92 Å². The minimum atomic E-state index is -0.615. The number of rotatable bonds is 3. The van der Waals surface area contributed by atoms with Crippen LogP contribution in [0.5, 0.6) is 0 Å².